The van der Waals surface area contributed by atoms with E-state index in [9.17, 15) is 0 Å². The topological polar surface area (TPSA) is 35.5 Å². The van der Waals surface area contributed by atoms with E-state index >= 15 is 0 Å². The quantitative estimate of drug-likeness (QED) is 0.641. The van der Waals surface area contributed by atoms with Gasteiger partial charge >= 0.3 is 0 Å². The molecule has 1 atom stereocenters. The zero-order chi connectivity index (χ0) is 14.8. The maximum atomic E-state index is 8.77. The highest BCUT2D eigenvalue weighted by Gasteiger charge is 2.12. The van der Waals surface area contributed by atoms with Gasteiger partial charge in [-0.2, -0.15) is 0 Å². The molecule has 2 N–H and O–H groups in total. The fraction of sp³-hybridized carbons (Fsp3) is 0.625. The highest BCUT2D eigenvalue weighted by molar-refractivity contribution is 9.10. The normalized spacial score (nSPS) is 12.8. The van der Waals surface area contributed by atoms with Crippen molar-refractivity contribution < 1.29 is 5.11 Å². The Morgan fingerprint density at radius 3 is 2.60 bits per heavy atom. The Bertz CT molecular complexity index is 373. The molecule has 0 fully saturated rings. The van der Waals surface area contributed by atoms with Crippen molar-refractivity contribution in [1.82, 2.24) is 10.2 Å². The highest BCUT2D eigenvalue weighted by atomic mass is 79.9. The molecular formula is C16H27BrN2O. The third-order valence-electron chi connectivity index (χ3n) is 3.63. The number of rotatable bonds is 10. The van der Waals surface area contributed by atoms with Gasteiger partial charge in [-0.1, -0.05) is 34.1 Å². The molecule has 1 rings (SSSR count). The number of nitrogens with zero attached hydrogens (tertiary/aromatic N) is 1. The molecule has 0 amide bonds. The number of hydrogen-bond donors (Lipinski definition) is 2. The minimum Gasteiger partial charge on any atom is -0.396 e. The summed E-state index contributed by atoms with van der Waals surface area (Å²) in [6.45, 7) is 2.49. The number of unbranched alkanes of at least 4 members (excludes halogenated alkanes) is 2. The van der Waals surface area contributed by atoms with Crippen molar-refractivity contribution in [1.29, 1.82) is 0 Å². The van der Waals surface area contributed by atoms with E-state index < -0.39 is 0 Å². The van der Waals surface area contributed by atoms with Crippen LogP contribution in [0.4, 0.5) is 0 Å². The van der Waals surface area contributed by atoms with Crippen molar-refractivity contribution in [3.63, 3.8) is 0 Å². The SMILES string of the molecule is CNC(CCN(C)CCCCCO)c1ccccc1Br. The Kier molecular flexibility index (Phi) is 9.10. The molecule has 1 aromatic carbocycles. The predicted octanol–water partition coefficient (Wildman–Crippen LogP) is 3.19. The Morgan fingerprint density at radius 1 is 1.20 bits per heavy atom. The monoisotopic (exact) mass is 342 g/mol. The van der Waals surface area contributed by atoms with E-state index in [4.69, 9.17) is 5.11 Å². The van der Waals surface area contributed by atoms with Gasteiger partial charge in [-0.3, -0.25) is 0 Å². The molecule has 1 unspecified atom stereocenters. The lowest BCUT2D eigenvalue weighted by atomic mass is 10.0. The molecule has 0 spiro atoms. The van der Waals surface area contributed by atoms with Gasteiger partial charge in [0.05, 0.1) is 0 Å². The summed E-state index contributed by atoms with van der Waals surface area (Å²) in [5, 5.41) is 12.2. The van der Waals surface area contributed by atoms with Crippen molar-refractivity contribution in [2.75, 3.05) is 33.8 Å². The first-order chi connectivity index (χ1) is 9.69. The van der Waals surface area contributed by atoms with Crippen LogP contribution in [0.25, 0.3) is 0 Å². The van der Waals surface area contributed by atoms with Gasteiger partial charge in [-0.15, -0.1) is 0 Å². The predicted molar refractivity (Wildman–Crippen MR) is 89.0 cm³/mol. The van der Waals surface area contributed by atoms with Crippen molar-refractivity contribution in [2.45, 2.75) is 31.7 Å². The molecule has 0 bridgehead atoms. The fourth-order valence-corrected chi connectivity index (χ4v) is 2.91. The van der Waals surface area contributed by atoms with Gasteiger partial charge in [-0.25, -0.2) is 0 Å². The van der Waals surface area contributed by atoms with E-state index in [0.717, 1.165) is 38.8 Å². The average molecular weight is 343 g/mol. The molecule has 0 aliphatic heterocycles. The third kappa shape index (κ3) is 6.35. The molecule has 1 aromatic rings. The van der Waals surface area contributed by atoms with Crippen molar-refractivity contribution >= 4 is 15.9 Å². The second kappa shape index (κ2) is 10.3. The Morgan fingerprint density at radius 2 is 1.95 bits per heavy atom. The number of halogens is 1. The summed E-state index contributed by atoms with van der Waals surface area (Å²) in [7, 11) is 4.19. The minimum absolute atomic E-state index is 0.313. The van der Waals surface area contributed by atoms with Gasteiger partial charge < -0.3 is 15.3 Å². The van der Waals surface area contributed by atoms with Gasteiger partial charge in [-0.05, 0) is 64.5 Å². The molecule has 0 saturated carbocycles. The summed E-state index contributed by atoms with van der Waals surface area (Å²) < 4.78 is 1.17. The van der Waals surface area contributed by atoms with Gasteiger partial charge in [0.25, 0.3) is 0 Å². The maximum absolute atomic E-state index is 8.77. The van der Waals surface area contributed by atoms with E-state index in [1.54, 1.807) is 0 Å². The lowest BCUT2D eigenvalue weighted by Gasteiger charge is -2.22. The second-order valence-corrected chi connectivity index (χ2v) is 6.09. The molecule has 4 heteroatoms. The molecule has 0 saturated heterocycles. The standard InChI is InChI=1S/C16H27BrN2O/c1-18-16(14-8-4-5-9-15(14)17)10-12-19(2)11-6-3-7-13-20/h4-5,8-9,16,18,20H,3,6-7,10-13H2,1-2H3. The molecule has 0 heterocycles. The van der Waals surface area contributed by atoms with Crippen LogP contribution >= 0.6 is 15.9 Å². The lowest BCUT2D eigenvalue weighted by molar-refractivity contribution is 0.269. The zero-order valence-electron chi connectivity index (χ0n) is 12.6. The Balaban J connectivity index is 2.36. The van der Waals surface area contributed by atoms with Crippen molar-refractivity contribution in [3.8, 4) is 0 Å². The minimum atomic E-state index is 0.313. The largest absolute Gasteiger partial charge is 0.396 e. The summed E-state index contributed by atoms with van der Waals surface area (Å²) in [6, 6.07) is 8.78. The summed E-state index contributed by atoms with van der Waals surface area (Å²) in [5.41, 5.74) is 1.32. The summed E-state index contributed by atoms with van der Waals surface area (Å²) in [6.07, 6.45) is 4.29. The number of hydrogen-bond acceptors (Lipinski definition) is 3. The molecule has 20 heavy (non-hydrogen) atoms. The average Bonchev–Trinajstić information content (AvgIpc) is 2.46. The van der Waals surface area contributed by atoms with E-state index in [1.165, 1.54) is 10.0 Å². The van der Waals surface area contributed by atoms with Crippen LogP contribution in [-0.2, 0) is 0 Å². The first-order valence-electron chi connectivity index (χ1n) is 7.40. The first kappa shape index (κ1) is 17.6. The van der Waals surface area contributed by atoms with Gasteiger partial charge in [0.1, 0.15) is 0 Å². The van der Waals surface area contributed by atoms with E-state index in [1.807, 2.05) is 13.1 Å². The van der Waals surface area contributed by atoms with Crippen LogP contribution in [0.2, 0.25) is 0 Å². The molecule has 0 aliphatic rings. The number of aliphatic hydroxyl groups is 1. The number of benzene rings is 1. The van der Waals surface area contributed by atoms with Crippen LogP contribution in [0, 0.1) is 0 Å². The maximum Gasteiger partial charge on any atom is 0.0431 e. The summed E-state index contributed by atoms with van der Waals surface area (Å²) in [4.78, 5) is 2.37. The third-order valence-corrected chi connectivity index (χ3v) is 4.35. The van der Waals surface area contributed by atoms with Gasteiger partial charge in [0.15, 0.2) is 0 Å². The van der Waals surface area contributed by atoms with E-state index in [2.05, 4.69) is 51.4 Å². The van der Waals surface area contributed by atoms with Crippen molar-refractivity contribution in [2.24, 2.45) is 0 Å². The molecule has 0 aliphatic carbocycles. The van der Waals surface area contributed by atoms with Crippen LogP contribution < -0.4 is 5.32 Å². The van der Waals surface area contributed by atoms with Gasteiger partial charge in [0, 0.05) is 17.1 Å². The molecule has 0 radical (unpaired) electrons. The molecule has 114 valence electrons. The highest BCUT2D eigenvalue weighted by Crippen LogP contribution is 2.25. The van der Waals surface area contributed by atoms with Crippen LogP contribution in [0.1, 0.15) is 37.3 Å². The van der Waals surface area contributed by atoms with Crippen LogP contribution in [-0.4, -0.2) is 43.8 Å². The smallest absolute Gasteiger partial charge is 0.0431 e. The molecule has 3 nitrogen and oxygen atoms in total. The number of nitrogens with one attached hydrogen (secondary N) is 1. The van der Waals surface area contributed by atoms with Crippen LogP contribution in [0.3, 0.4) is 0 Å². The van der Waals surface area contributed by atoms with Gasteiger partial charge in [0.2, 0.25) is 0 Å². The van der Waals surface area contributed by atoms with Crippen LogP contribution in [0.5, 0.6) is 0 Å². The van der Waals surface area contributed by atoms with E-state index in [0.29, 0.717) is 12.6 Å². The summed E-state index contributed by atoms with van der Waals surface area (Å²) in [5.74, 6) is 0. The molecule has 0 aromatic heterocycles. The Hall–Kier alpha value is -0.420. The fourth-order valence-electron chi connectivity index (χ4n) is 2.34. The van der Waals surface area contributed by atoms with Crippen molar-refractivity contribution in [3.05, 3.63) is 34.3 Å². The summed E-state index contributed by atoms with van der Waals surface area (Å²) >= 11 is 3.63. The van der Waals surface area contributed by atoms with E-state index in [-0.39, 0.29) is 0 Å². The number of aliphatic hydroxyl groups excluding tert-OH is 1. The lowest BCUT2D eigenvalue weighted by Crippen LogP contribution is -2.26. The second-order valence-electron chi connectivity index (χ2n) is 5.24. The zero-order valence-corrected chi connectivity index (χ0v) is 14.2. The van der Waals surface area contributed by atoms with Crippen LogP contribution in [0.15, 0.2) is 28.7 Å². The molecular weight excluding hydrogens is 316 g/mol. The Labute approximate surface area is 131 Å². The first-order valence-corrected chi connectivity index (χ1v) is 8.19.